The van der Waals surface area contributed by atoms with E-state index in [0.29, 0.717) is 25.9 Å². The second-order valence-electron chi connectivity index (χ2n) is 21.5. The molecule has 5 aliphatic heterocycles. The minimum absolute atomic E-state index is 0.000923. The number of aliphatic hydroxyl groups is 7. The molecule has 0 bridgehead atoms. The molecule has 0 aromatic carbocycles. The number of nitrogens with one attached hydrogen (secondary N) is 5. The number of ether oxygens (including phenoxy) is 10. The predicted octanol–water partition coefficient (Wildman–Crippen LogP) is -7.01. The van der Waals surface area contributed by atoms with E-state index in [-0.39, 0.29) is 77.1 Å². The van der Waals surface area contributed by atoms with Gasteiger partial charge in [-0.25, -0.2) is 0 Å². The third-order valence-corrected chi connectivity index (χ3v) is 21.0. The van der Waals surface area contributed by atoms with Crippen LogP contribution in [0, 0.1) is 10.8 Å². The topological polar surface area (TPSA) is 487 Å². The van der Waals surface area contributed by atoms with E-state index in [1.807, 2.05) is 15.7 Å². The molecule has 6 aliphatic rings. The lowest BCUT2D eigenvalue weighted by molar-refractivity contribution is -0.314. The highest BCUT2D eigenvalue weighted by molar-refractivity contribution is 8.08. The van der Waals surface area contributed by atoms with E-state index in [1.165, 1.54) is 35.1 Å². The van der Waals surface area contributed by atoms with Crippen LogP contribution in [0.5, 0.6) is 0 Å². The summed E-state index contributed by atoms with van der Waals surface area (Å²) in [6, 6.07) is -4.76. The van der Waals surface area contributed by atoms with Crippen LogP contribution in [0.25, 0.3) is 0 Å². The van der Waals surface area contributed by atoms with E-state index in [4.69, 9.17) is 137 Å². The highest BCUT2D eigenvalue weighted by Crippen LogP contribution is 2.55. The Bertz CT molecular complexity index is 2400. The summed E-state index contributed by atoms with van der Waals surface area (Å²) in [5.74, 6) is -1.33. The number of nitrogens with two attached hydrogens (primary N) is 2. The van der Waals surface area contributed by atoms with Crippen LogP contribution in [-0.4, -0.2) is 313 Å². The summed E-state index contributed by atoms with van der Waals surface area (Å²) in [4.78, 5) is 26.1. The van der Waals surface area contributed by atoms with Crippen molar-refractivity contribution in [3.8, 4) is 0 Å². The SMILES string of the molecule is BC1CC(OP(O)(=S)OC)C(COP(=S)(OCCOCCOCCN=C(C)C2(O)C(C)OC(OC3C(O)C(O)C(NC(=N)N)C(O)C3NC(=N)N)C2OC2OC(CO)C(O)C(O)C2NC)OC2CC(B)OC2COP(O)(=S)OC2CCOC2COC)O1. The fraction of sp³-hybridized carbons (Fsp3) is 0.933. The summed E-state index contributed by atoms with van der Waals surface area (Å²) in [5, 5.41) is 102. The highest BCUT2D eigenvalue weighted by atomic mass is 32.5. The summed E-state index contributed by atoms with van der Waals surface area (Å²) in [7, 11) is 7.85. The van der Waals surface area contributed by atoms with Crippen molar-refractivity contribution < 1.29 is 125 Å². The van der Waals surface area contributed by atoms with Crippen molar-refractivity contribution in [1.82, 2.24) is 16.0 Å². The summed E-state index contributed by atoms with van der Waals surface area (Å²) < 4.78 is 100. The zero-order valence-electron chi connectivity index (χ0n) is 49.2. The number of guanidine groups is 2. The van der Waals surface area contributed by atoms with Crippen LogP contribution >= 0.6 is 20.2 Å². The van der Waals surface area contributed by atoms with Gasteiger partial charge in [0.1, 0.15) is 76.7 Å². The van der Waals surface area contributed by atoms with E-state index in [9.17, 15) is 45.5 Å². The molecule has 5 saturated heterocycles. The first-order valence-electron chi connectivity index (χ1n) is 28.1. The van der Waals surface area contributed by atoms with Gasteiger partial charge in [0.15, 0.2) is 30.1 Å². The standard InChI is InChI=1S/C45H87B2N8O26P3S3/c1-20(45(62)21(2)73-42(40(45)78-41-33(52-3)37(60)34(57)25(16-56)76-41)77-39-32(55-44(50)51)35(58)31(54-43(48)49)36(59)38(39)61)53-7-9-67-10-11-68-12-13-70-84(87,72-19-28-23(14-29(46)75-28)80-82(63,85)66-5)81-24-15-30(47)74-27(24)18-71-83(64,86)79-22-6-8-69-26(22)17-65-4/h21-42,52,56-62H,6-19,46-47H2,1-5H3,(H,63,85)(H,64,86)(H4,48,49,54)(H4,50,51,55). The molecule has 26 atom stereocenters. The van der Waals surface area contributed by atoms with Crippen molar-refractivity contribution in [1.29, 1.82) is 10.8 Å². The Hall–Kier alpha value is -0.790. The second kappa shape index (κ2) is 34.1. The fourth-order valence-corrected chi connectivity index (χ4v) is 15.5. The Labute approximate surface area is 521 Å². The monoisotopic (exact) mass is 1370 g/mol. The van der Waals surface area contributed by atoms with Crippen molar-refractivity contribution in [2.75, 3.05) is 93.9 Å². The Balaban J connectivity index is 1.08. The largest absolute Gasteiger partial charge is 0.394 e. The Morgan fingerprint density at radius 2 is 1.28 bits per heavy atom. The first-order chi connectivity index (χ1) is 41.0. The van der Waals surface area contributed by atoms with Crippen LogP contribution < -0.4 is 27.4 Å². The summed E-state index contributed by atoms with van der Waals surface area (Å²) in [6.45, 7) is -8.75. The van der Waals surface area contributed by atoms with Gasteiger partial charge in [0, 0.05) is 45.0 Å². The third-order valence-electron chi connectivity index (χ3n) is 15.3. The van der Waals surface area contributed by atoms with E-state index < -0.39 is 167 Å². The number of likely N-dealkylation sites (N-methyl/N-ethyl adjacent to an activating group) is 1. The number of methoxy groups -OCH3 is 1. The minimum Gasteiger partial charge on any atom is -0.394 e. The summed E-state index contributed by atoms with van der Waals surface area (Å²) >= 11 is 16.4. The van der Waals surface area contributed by atoms with Gasteiger partial charge in [-0.2, -0.15) is 0 Å². The second-order valence-corrected chi connectivity index (χ2v) is 30.2. The van der Waals surface area contributed by atoms with Gasteiger partial charge in [-0.3, -0.25) is 15.8 Å². The van der Waals surface area contributed by atoms with Crippen LogP contribution in [0.3, 0.4) is 0 Å². The molecule has 0 amide bonds. The van der Waals surface area contributed by atoms with Gasteiger partial charge >= 0.3 is 20.2 Å². The van der Waals surface area contributed by atoms with Crippen LogP contribution in [0.15, 0.2) is 4.99 Å². The molecular weight excluding hydrogens is 1280 g/mol. The maximum absolute atomic E-state index is 12.7. The first-order valence-corrected chi connectivity index (χ1v) is 35.9. The minimum atomic E-state index is -3.80. The van der Waals surface area contributed by atoms with Crippen LogP contribution in [0.2, 0.25) is 0 Å². The number of aliphatic imine (C=N–C) groups is 1. The number of rotatable bonds is 34. The van der Waals surface area contributed by atoms with Crippen molar-refractivity contribution in [2.24, 2.45) is 16.5 Å². The maximum atomic E-state index is 12.7. The van der Waals surface area contributed by atoms with Gasteiger partial charge in [0.05, 0.1) is 115 Å². The van der Waals surface area contributed by atoms with Crippen molar-refractivity contribution in [2.45, 2.75) is 173 Å². The smallest absolute Gasteiger partial charge is 0.327 e. The van der Waals surface area contributed by atoms with Gasteiger partial charge in [-0.1, -0.05) is 0 Å². The van der Waals surface area contributed by atoms with Crippen LogP contribution in [0.1, 0.15) is 33.1 Å². The fourth-order valence-electron chi connectivity index (χ4n) is 10.9. The molecule has 34 nitrogen and oxygen atoms in total. The van der Waals surface area contributed by atoms with Crippen LogP contribution in [0.4, 0.5) is 0 Å². The Kier molecular flexibility index (Phi) is 29.4. The molecule has 0 spiro atoms. The molecule has 42 heteroatoms. The predicted molar refractivity (Wildman–Crippen MR) is 322 cm³/mol. The first kappa shape index (κ1) is 75.2. The van der Waals surface area contributed by atoms with E-state index in [2.05, 4.69) is 20.9 Å². The molecule has 18 N–H and O–H groups in total. The quantitative estimate of drug-likeness (QED) is 0.00936. The third kappa shape index (κ3) is 20.4. The Morgan fingerprint density at radius 3 is 1.89 bits per heavy atom. The highest BCUT2D eigenvalue weighted by Gasteiger charge is 2.62. The van der Waals surface area contributed by atoms with Crippen molar-refractivity contribution in [3.05, 3.63) is 0 Å². The van der Waals surface area contributed by atoms with Crippen molar-refractivity contribution in [3.63, 3.8) is 0 Å². The molecule has 1 aliphatic carbocycles. The van der Waals surface area contributed by atoms with Crippen molar-refractivity contribution >= 4 is 88.9 Å². The maximum Gasteiger partial charge on any atom is 0.327 e. The molecule has 1 saturated carbocycles. The number of hydrogen-bond donors (Lipinski definition) is 16. The van der Waals surface area contributed by atoms with Gasteiger partial charge in [0.25, 0.3) is 0 Å². The molecule has 6 rings (SSSR count). The molecule has 6 fully saturated rings. The molecule has 502 valence electrons. The van der Waals surface area contributed by atoms with Gasteiger partial charge < -0.3 is 152 Å². The molecule has 26 unspecified atom stereocenters. The molecule has 0 aromatic heterocycles. The van der Waals surface area contributed by atoms with Gasteiger partial charge in [0.2, 0.25) is 0 Å². The number of aliphatic hydroxyl groups excluding tert-OH is 6. The van der Waals surface area contributed by atoms with E-state index in [1.54, 1.807) is 0 Å². The molecule has 0 aromatic rings. The van der Waals surface area contributed by atoms with E-state index >= 15 is 0 Å². The Morgan fingerprint density at radius 1 is 0.690 bits per heavy atom. The number of hydrogen-bond acceptors (Lipinski definition) is 31. The molecular formula is C45H87B2N8O26P3S3. The lowest BCUT2D eigenvalue weighted by Crippen LogP contribution is -2.73. The molecule has 87 heavy (non-hydrogen) atoms. The van der Waals surface area contributed by atoms with Crippen LogP contribution in [-0.2, 0) is 114 Å². The number of nitrogens with zero attached hydrogens (tertiary/aromatic N) is 1. The van der Waals surface area contributed by atoms with Gasteiger partial charge in [-0.15, -0.1) is 0 Å². The zero-order chi connectivity index (χ0) is 64.2. The average molecular weight is 1370 g/mol. The summed E-state index contributed by atoms with van der Waals surface area (Å²) in [6.07, 6.45) is -20.6. The average Bonchev–Trinajstić information content (AvgIpc) is 1.99. The summed E-state index contributed by atoms with van der Waals surface area (Å²) in [5.41, 5.74) is 8.95. The lowest BCUT2D eigenvalue weighted by atomic mass is 9.81. The zero-order valence-corrected chi connectivity index (χ0v) is 54.4. The molecule has 0 radical (unpaired) electrons. The normalized spacial score (nSPS) is 40.4. The van der Waals surface area contributed by atoms with E-state index in [0.717, 1.165) is 0 Å². The van der Waals surface area contributed by atoms with Gasteiger partial charge in [-0.05, 0) is 69.2 Å². The lowest BCUT2D eigenvalue weighted by Gasteiger charge is -2.47. The molecule has 5 heterocycles.